The molecule has 20 heavy (non-hydrogen) atoms. The summed E-state index contributed by atoms with van der Waals surface area (Å²) in [5, 5.41) is 3.01. The van der Waals surface area contributed by atoms with E-state index < -0.39 is 0 Å². The molecule has 0 spiro atoms. The second-order valence-corrected chi connectivity index (χ2v) is 4.66. The number of carbonyl (C=O) groups excluding carboxylic acids is 1. The van der Waals surface area contributed by atoms with Gasteiger partial charge in [0.05, 0.1) is 6.61 Å². The summed E-state index contributed by atoms with van der Waals surface area (Å²) >= 11 is 0. The molecular weight excluding hydrogens is 254 g/mol. The Morgan fingerprint density at radius 3 is 2.75 bits per heavy atom. The number of nitrogens with zero attached hydrogens (tertiary/aromatic N) is 2. The average molecular weight is 279 g/mol. The van der Waals surface area contributed by atoms with Crippen molar-refractivity contribution in [2.75, 3.05) is 39.2 Å². The molecule has 0 fully saturated rings. The van der Waals surface area contributed by atoms with Gasteiger partial charge in [0.15, 0.2) is 0 Å². The minimum Gasteiger partial charge on any atom is -0.380 e. The number of nitrogens with one attached hydrogen (secondary N) is 1. The van der Waals surface area contributed by atoms with Crippen molar-refractivity contribution < 1.29 is 9.53 Å². The van der Waals surface area contributed by atoms with Gasteiger partial charge in [0, 0.05) is 38.5 Å². The molecule has 0 radical (unpaired) electrons. The fourth-order valence-electron chi connectivity index (χ4n) is 1.89. The normalized spacial score (nSPS) is 10.4. The number of anilines is 1. The number of rotatable bonds is 8. The third-order valence-electron chi connectivity index (χ3n) is 3.01. The van der Waals surface area contributed by atoms with Crippen molar-refractivity contribution in [2.24, 2.45) is 0 Å². The summed E-state index contributed by atoms with van der Waals surface area (Å²) in [7, 11) is 3.60. The van der Waals surface area contributed by atoms with E-state index in [1.54, 1.807) is 18.0 Å². The molecule has 0 saturated heterocycles. The monoisotopic (exact) mass is 279 g/mol. The van der Waals surface area contributed by atoms with Crippen LogP contribution in [0.3, 0.4) is 0 Å². The fraction of sp³-hybridized carbons (Fsp3) is 0.600. The zero-order valence-electron chi connectivity index (χ0n) is 12.9. The van der Waals surface area contributed by atoms with E-state index in [2.05, 4.69) is 17.2 Å². The number of amides is 1. The maximum atomic E-state index is 12.4. The Labute approximate surface area is 121 Å². The molecule has 0 bridgehead atoms. The molecule has 1 aromatic heterocycles. The zero-order valence-corrected chi connectivity index (χ0v) is 12.9. The molecule has 0 atom stereocenters. The maximum Gasteiger partial charge on any atom is 0.253 e. The highest BCUT2D eigenvalue weighted by Crippen LogP contribution is 2.13. The summed E-state index contributed by atoms with van der Waals surface area (Å²) in [6.45, 7) is 5.86. The Kier molecular flexibility index (Phi) is 7.01. The van der Waals surface area contributed by atoms with Crippen molar-refractivity contribution >= 4 is 11.7 Å². The number of pyridine rings is 1. The number of aryl methyl sites for hydroxylation is 1. The molecule has 0 aliphatic rings. The molecule has 1 aromatic rings. The topological polar surface area (TPSA) is 54.5 Å². The van der Waals surface area contributed by atoms with Crippen LogP contribution in [0, 0.1) is 0 Å². The van der Waals surface area contributed by atoms with Gasteiger partial charge in [-0.25, -0.2) is 4.98 Å². The average Bonchev–Trinajstić information content (AvgIpc) is 2.46. The molecule has 1 N–H and O–H groups in total. The van der Waals surface area contributed by atoms with Gasteiger partial charge in [0.2, 0.25) is 0 Å². The molecule has 1 heterocycles. The number of hydrogen-bond donors (Lipinski definition) is 1. The first-order valence-electron chi connectivity index (χ1n) is 7.14. The Hall–Kier alpha value is -1.62. The van der Waals surface area contributed by atoms with Gasteiger partial charge in [-0.1, -0.05) is 13.3 Å². The molecule has 0 aromatic carbocycles. The zero-order chi connectivity index (χ0) is 15.0. The molecule has 5 heteroatoms. The van der Waals surface area contributed by atoms with Gasteiger partial charge < -0.3 is 15.0 Å². The lowest BCUT2D eigenvalue weighted by molar-refractivity contribution is 0.0710. The molecule has 0 aliphatic carbocycles. The van der Waals surface area contributed by atoms with E-state index in [4.69, 9.17) is 4.74 Å². The van der Waals surface area contributed by atoms with Crippen LogP contribution in [0.15, 0.2) is 12.1 Å². The van der Waals surface area contributed by atoms with E-state index >= 15 is 0 Å². The minimum atomic E-state index is 0.000885. The van der Waals surface area contributed by atoms with E-state index in [0.29, 0.717) is 25.3 Å². The Morgan fingerprint density at radius 2 is 2.15 bits per heavy atom. The van der Waals surface area contributed by atoms with Gasteiger partial charge in [-0.2, -0.15) is 0 Å². The number of ether oxygens (including phenoxy) is 1. The van der Waals surface area contributed by atoms with E-state index in [-0.39, 0.29) is 5.91 Å². The van der Waals surface area contributed by atoms with Gasteiger partial charge in [0.25, 0.3) is 5.91 Å². The summed E-state index contributed by atoms with van der Waals surface area (Å²) in [6, 6.07) is 3.67. The first-order chi connectivity index (χ1) is 9.62. The number of likely N-dealkylation sites (N-methyl/N-ethyl adjacent to an activating group) is 1. The molecule has 5 nitrogen and oxygen atoms in total. The number of aromatic nitrogens is 1. The lowest BCUT2D eigenvalue weighted by atomic mass is 10.1. The third-order valence-corrected chi connectivity index (χ3v) is 3.01. The highest BCUT2D eigenvalue weighted by atomic mass is 16.5. The van der Waals surface area contributed by atoms with Crippen molar-refractivity contribution in [3.8, 4) is 0 Å². The quantitative estimate of drug-likeness (QED) is 0.741. The lowest BCUT2D eigenvalue weighted by Gasteiger charge is -2.18. The summed E-state index contributed by atoms with van der Waals surface area (Å²) in [4.78, 5) is 18.5. The van der Waals surface area contributed by atoms with E-state index in [9.17, 15) is 4.79 Å². The highest BCUT2D eigenvalue weighted by Gasteiger charge is 2.13. The van der Waals surface area contributed by atoms with Crippen LogP contribution in [0.5, 0.6) is 0 Å². The van der Waals surface area contributed by atoms with Gasteiger partial charge in [-0.05, 0) is 25.5 Å². The van der Waals surface area contributed by atoms with Crippen LogP contribution in [0.1, 0.15) is 36.3 Å². The van der Waals surface area contributed by atoms with Gasteiger partial charge in [-0.3, -0.25) is 4.79 Å². The Morgan fingerprint density at radius 1 is 1.40 bits per heavy atom. The van der Waals surface area contributed by atoms with Crippen LogP contribution in [0.4, 0.5) is 5.82 Å². The lowest BCUT2D eigenvalue weighted by Crippen LogP contribution is -2.30. The van der Waals surface area contributed by atoms with E-state index in [1.165, 1.54) is 0 Å². The molecule has 1 rings (SSSR count). The molecular formula is C15H25N3O2. The van der Waals surface area contributed by atoms with Crippen molar-refractivity contribution in [1.82, 2.24) is 9.88 Å². The molecule has 112 valence electrons. The first-order valence-corrected chi connectivity index (χ1v) is 7.14. The van der Waals surface area contributed by atoms with Crippen LogP contribution in [-0.4, -0.2) is 49.6 Å². The van der Waals surface area contributed by atoms with Crippen molar-refractivity contribution in [3.63, 3.8) is 0 Å². The van der Waals surface area contributed by atoms with Gasteiger partial charge >= 0.3 is 0 Å². The Bertz CT molecular complexity index is 435. The summed E-state index contributed by atoms with van der Waals surface area (Å²) in [5.41, 5.74) is 1.62. The summed E-state index contributed by atoms with van der Waals surface area (Å²) in [5.74, 6) is 0.735. The minimum absolute atomic E-state index is 0.000885. The van der Waals surface area contributed by atoms with Crippen LogP contribution < -0.4 is 5.32 Å². The SMILES string of the molecule is CCCc1cc(C(=O)N(C)CCOCC)cc(NC)n1. The van der Waals surface area contributed by atoms with Crippen molar-refractivity contribution in [3.05, 3.63) is 23.4 Å². The molecule has 0 unspecified atom stereocenters. The predicted molar refractivity (Wildman–Crippen MR) is 81.2 cm³/mol. The summed E-state index contributed by atoms with van der Waals surface area (Å²) in [6.07, 6.45) is 1.88. The maximum absolute atomic E-state index is 12.4. The second-order valence-electron chi connectivity index (χ2n) is 4.66. The molecule has 0 aliphatic heterocycles. The van der Waals surface area contributed by atoms with Gasteiger partial charge in [-0.15, -0.1) is 0 Å². The number of carbonyl (C=O) groups is 1. The smallest absolute Gasteiger partial charge is 0.253 e. The predicted octanol–water partition coefficient (Wildman–Crippen LogP) is 2.18. The van der Waals surface area contributed by atoms with Crippen LogP contribution >= 0.6 is 0 Å². The first kappa shape index (κ1) is 16.4. The number of hydrogen-bond acceptors (Lipinski definition) is 4. The van der Waals surface area contributed by atoms with Gasteiger partial charge in [0.1, 0.15) is 5.82 Å². The Balaban J connectivity index is 2.82. The summed E-state index contributed by atoms with van der Waals surface area (Å²) < 4.78 is 5.28. The van der Waals surface area contributed by atoms with Crippen LogP contribution in [0.25, 0.3) is 0 Å². The van der Waals surface area contributed by atoms with Crippen LogP contribution in [0.2, 0.25) is 0 Å². The molecule has 0 saturated carbocycles. The van der Waals surface area contributed by atoms with Crippen LogP contribution in [-0.2, 0) is 11.2 Å². The highest BCUT2D eigenvalue weighted by molar-refractivity contribution is 5.94. The van der Waals surface area contributed by atoms with Crippen molar-refractivity contribution in [1.29, 1.82) is 0 Å². The standard InChI is InChI=1S/C15H25N3O2/c1-5-7-13-10-12(11-14(16-3)17-13)15(19)18(4)8-9-20-6-2/h10-11H,5-9H2,1-4H3,(H,16,17). The molecule has 1 amide bonds. The fourth-order valence-corrected chi connectivity index (χ4v) is 1.89. The largest absolute Gasteiger partial charge is 0.380 e. The van der Waals surface area contributed by atoms with E-state index in [0.717, 1.165) is 24.4 Å². The van der Waals surface area contributed by atoms with Crippen molar-refractivity contribution in [2.45, 2.75) is 26.7 Å². The second kappa shape index (κ2) is 8.53. The van der Waals surface area contributed by atoms with E-state index in [1.807, 2.05) is 20.0 Å². The third kappa shape index (κ3) is 4.81.